The number of hydrogen-bond acceptors (Lipinski definition) is 3. The molecule has 0 aliphatic carbocycles. The van der Waals surface area contributed by atoms with Gasteiger partial charge in [-0.2, -0.15) is 5.10 Å². The predicted octanol–water partition coefficient (Wildman–Crippen LogP) is 1.20. The van der Waals surface area contributed by atoms with E-state index >= 15 is 0 Å². The van der Waals surface area contributed by atoms with Crippen LogP contribution >= 0.6 is 0 Å². The van der Waals surface area contributed by atoms with Gasteiger partial charge in [0.25, 0.3) is 0 Å². The zero-order chi connectivity index (χ0) is 10.9. The van der Waals surface area contributed by atoms with Crippen molar-refractivity contribution in [2.75, 3.05) is 25.4 Å². The Bertz CT molecular complexity index is 329. The summed E-state index contributed by atoms with van der Waals surface area (Å²) in [5.74, 6) is 0. The third-order valence-corrected chi connectivity index (χ3v) is 3.05. The van der Waals surface area contributed by atoms with Crippen LogP contribution in [-0.2, 0) is 6.54 Å². The number of anilines is 1. The van der Waals surface area contributed by atoms with E-state index in [0.717, 1.165) is 18.8 Å². The SMILES string of the molecule is CC1(C)CCN(CCn2cc(N)cn2)C1. The van der Waals surface area contributed by atoms with Crippen LogP contribution in [0.2, 0.25) is 0 Å². The van der Waals surface area contributed by atoms with Crippen LogP contribution in [0.5, 0.6) is 0 Å². The first-order chi connectivity index (χ1) is 7.05. The van der Waals surface area contributed by atoms with Crippen LogP contribution in [-0.4, -0.2) is 34.3 Å². The Balaban J connectivity index is 1.80. The van der Waals surface area contributed by atoms with Gasteiger partial charge in [0, 0.05) is 19.3 Å². The normalized spacial score (nSPS) is 20.9. The summed E-state index contributed by atoms with van der Waals surface area (Å²) in [6, 6.07) is 0. The monoisotopic (exact) mass is 208 g/mol. The standard InChI is InChI=1S/C11H20N4/c1-11(2)3-4-14(9-11)5-6-15-8-10(12)7-13-15/h7-8H,3-6,9,12H2,1-2H3. The number of nitrogens with two attached hydrogens (primary N) is 1. The van der Waals surface area contributed by atoms with E-state index in [2.05, 4.69) is 23.8 Å². The number of likely N-dealkylation sites (tertiary alicyclic amines) is 1. The van der Waals surface area contributed by atoms with Gasteiger partial charge in [0.1, 0.15) is 0 Å². The van der Waals surface area contributed by atoms with Crippen LogP contribution in [0.1, 0.15) is 20.3 Å². The molecule has 4 heteroatoms. The molecular formula is C11H20N4. The first-order valence-electron chi connectivity index (χ1n) is 5.55. The Morgan fingerprint density at radius 2 is 2.27 bits per heavy atom. The molecule has 0 saturated carbocycles. The van der Waals surface area contributed by atoms with Gasteiger partial charge in [-0.15, -0.1) is 0 Å². The summed E-state index contributed by atoms with van der Waals surface area (Å²) in [6.07, 6.45) is 4.89. The minimum absolute atomic E-state index is 0.489. The van der Waals surface area contributed by atoms with Gasteiger partial charge < -0.3 is 10.6 Å². The lowest BCUT2D eigenvalue weighted by Gasteiger charge is -2.19. The summed E-state index contributed by atoms with van der Waals surface area (Å²) in [5, 5.41) is 4.18. The molecule has 1 aliphatic heterocycles. The molecule has 84 valence electrons. The average molecular weight is 208 g/mol. The molecule has 2 heterocycles. The molecule has 0 amide bonds. The van der Waals surface area contributed by atoms with Crippen LogP contribution in [0, 0.1) is 5.41 Å². The van der Waals surface area contributed by atoms with E-state index in [9.17, 15) is 0 Å². The first-order valence-corrected chi connectivity index (χ1v) is 5.55. The molecule has 15 heavy (non-hydrogen) atoms. The van der Waals surface area contributed by atoms with Gasteiger partial charge in [0.05, 0.1) is 18.4 Å². The largest absolute Gasteiger partial charge is 0.396 e. The molecule has 1 aliphatic rings. The molecule has 0 bridgehead atoms. The minimum atomic E-state index is 0.489. The Hall–Kier alpha value is -1.03. The van der Waals surface area contributed by atoms with E-state index in [1.54, 1.807) is 6.20 Å². The summed E-state index contributed by atoms with van der Waals surface area (Å²) in [6.45, 7) is 9.09. The van der Waals surface area contributed by atoms with Gasteiger partial charge in [0.15, 0.2) is 0 Å². The molecule has 0 aromatic carbocycles. The third kappa shape index (κ3) is 2.72. The maximum Gasteiger partial charge on any atom is 0.0719 e. The molecule has 2 rings (SSSR count). The van der Waals surface area contributed by atoms with Crippen LogP contribution in [0.3, 0.4) is 0 Å². The fraction of sp³-hybridized carbons (Fsp3) is 0.727. The summed E-state index contributed by atoms with van der Waals surface area (Å²) in [7, 11) is 0. The lowest BCUT2D eigenvalue weighted by molar-refractivity contribution is 0.277. The molecule has 4 nitrogen and oxygen atoms in total. The molecule has 1 saturated heterocycles. The van der Waals surface area contributed by atoms with Crippen LogP contribution in [0.4, 0.5) is 5.69 Å². The van der Waals surface area contributed by atoms with Crippen molar-refractivity contribution in [3.63, 3.8) is 0 Å². The number of rotatable bonds is 3. The number of nitrogens with zero attached hydrogens (tertiary/aromatic N) is 3. The molecule has 0 unspecified atom stereocenters. The highest BCUT2D eigenvalue weighted by atomic mass is 15.3. The minimum Gasteiger partial charge on any atom is -0.396 e. The van der Waals surface area contributed by atoms with Gasteiger partial charge in [-0.25, -0.2) is 0 Å². The van der Waals surface area contributed by atoms with Gasteiger partial charge >= 0.3 is 0 Å². The fourth-order valence-corrected chi connectivity index (χ4v) is 2.16. The Morgan fingerprint density at radius 1 is 1.47 bits per heavy atom. The fourth-order valence-electron chi connectivity index (χ4n) is 2.16. The summed E-state index contributed by atoms with van der Waals surface area (Å²) in [4.78, 5) is 2.50. The zero-order valence-electron chi connectivity index (χ0n) is 9.61. The number of hydrogen-bond donors (Lipinski definition) is 1. The lowest BCUT2D eigenvalue weighted by atomic mass is 9.93. The van der Waals surface area contributed by atoms with Crippen molar-refractivity contribution in [1.82, 2.24) is 14.7 Å². The topological polar surface area (TPSA) is 47.1 Å². The van der Waals surface area contributed by atoms with Crippen molar-refractivity contribution < 1.29 is 0 Å². The highest BCUT2D eigenvalue weighted by molar-refractivity contribution is 5.30. The lowest BCUT2D eigenvalue weighted by Crippen LogP contribution is -2.27. The summed E-state index contributed by atoms with van der Waals surface area (Å²) >= 11 is 0. The molecule has 0 spiro atoms. The highest BCUT2D eigenvalue weighted by Crippen LogP contribution is 2.28. The van der Waals surface area contributed by atoms with Crippen molar-refractivity contribution in [2.24, 2.45) is 5.41 Å². The van der Waals surface area contributed by atoms with Crippen molar-refractivity contribution in [3.05, 3.63) is 12.4 Å². The predicted molar refractivity (Wildman–Crippen MR) is 61.5 cm³/mol. The van der Waals surface area contributed by atoms with Crippen LogP contribution < -0.4 is 5.73 Å². The highest BCUT2D eigenvalue weighted by Gasteiger charge is 2.28. The van der Waals surface area contributed by atoms with E-state index in [0.29, 0.717) is 5.41 Å². The number of aromatic nitrogens is 2. The van der Waals surface area contributed by atoms with Gasteiger partial charge in [-0.1, -0.05) is 13.8 Å². The second-order valence-electron chi connectivity index (χ2n) is 5.23. The summed E-state index contributed by atoms with van der Waals surface area (Å²) < 4.78 is 1.92. The average Bonchev–Trinajstić information content (AvgIpc) is 2.69. The van der Waals surface area contributed by atoms with E-state index in [1.165, 1.54) is 19.5 Å². The molecule has 1 fully saturated rings. The van der Waals surface area contributed by atoms with Crippen molar-refractivity contribution in [1.29, 1.82) is 0 Å². The van der Waals surface area contributed by atoms with Crippen LogP contribution in [0.15, 0.2) is 12.4 Å². The molecular weight excluding hydrogens is 188 g/mol. The third-order valence-electron chi connectivity index (χ3n) is 3.05. The Kier molecular flexibility index (Phi) is 2.69. The van der Waals surface area contributed by atoms with E-state index < -0.39 is 0 Å². The second-order valence-corrected chi connectivity index (χ2v) is 5.23. The van der Waals surface area contributed by atoms with Crippen molar-refractivity contribution >= 4 is 5.69 Å². The maximum absolute atomic E-state index is 5.61. The van der Waals surface area contributed by atoms with E-state index in [1.807, 2.05) is 10.9 Å². The molecule has 1 aromatic heterocycles. The molecule has 0 atom stereocenters. The quantitative estimate of drug-likeness (QED) is 0.812. The zero-order valence-corrected chi connectivity index (χ0v) is 9.61. The van der Waals surface area contributed by atoms with Gasteiger partial charge in [-0.3, -0.25) is 4.68 Å². The molecule has 2 N–H and O–H groups in total. The second kappa shape index (κ2) is 3.85. The Labute approximate surface area is 91.1 Å². The van der Waals surface area contributed by atoms with E-state index in [4.69, 9.17) is 5.73 Å². The smallest absolute Gasteiger partial charge is 0.0719 e. The van der Waals surface area contributed by atoms with Crippen molar-refractivity contribution in [3.8, 4) is 0 Å². The Morgan fingerprint density at radius 3 is 2.80 bits per heavy atom. The van der Waals surface area contributed by atoms with E-state index in [-0.39, 0.29) is 0 Å². The first kappa shape index (κ1) is 10.5. The molecule has 1 aromatic rings. The molecule has 0 radical (unpaired) electrons. The number of nitrogen functional groups attached to an aromatic ring is 1. The van der Waals surface area contributed by atoms with Gasteiger partial charge in [-0.05, 0) is 18.4 Å². The summed E-state index contributed by atoms with van der Waals surface area (Å²) in [5.41, 5.74) is 6.84. The maximum atomic E-state index is 5.61. The van der Waals surface area contributed by atoms with Gasteiger partial charge in [0.2, 0.25) is 0 Å². The van der Waals surface area contributed by atoms with Crippen molar-refractivity contribution in [2.45, 2.75) is 26.8 Å². The van der Waals surface area contributed by atoms with Crippen LogP contribution in [0.25, 0.3) is 0 Å².